The van der Waals surface area contributed by atoms with Crippen LogP contribution in [0, 0.1) is 12.7 Å². The minimum atomic E-state index is -0.407. The second-order valence-corrected chi connectivity index (χ2v) is 7.54. The second-order valence-electron chi connectivity index (χ2n) is 7.54. The lowest BCUT2D eigenvalue weighted by molar-refractivity contribution is -0.0124. The fraction of sp³-hybridized carbons (Fsp3) is 0.391. The number of aromatic nitrogens is 2. The molecular formula is C23H26FN3O3. The van der Waals surface area contributed by atoms with Crippen LogP contribution in [0.15, 0.2) is 47.1 Å². The number of piperidine rings is 1. The summed E-state index contributed by atoms with van der Waals surface area (Å²) >= 11 is 0. The average molecular weight is 411 g/mol. The second kappa shape index (κ2) is 9.36. The number of benzene rings is 1. The minimum Gasteiger partial charge on any atom is -0.494 e. The Labute approximate surface area is 175 Å². The van der Waals surface area contributed by atoms with E-state index in [-0.39, 0.29) is 11.9 Å². The van der Waals surface area contributed by atoms with Gasteiger partial charge in [0, 0.05) is 31.0 Å². The zero-order valence-corrected chi connectivity index (χ0v) is 17.3. The normalized spacial score (nSPS) is 17.2. The SMILES string of the molecule is COc1cc(-c2nc(CN3CCCC(OCc4cccnc4)C3)c(C)o2)ccc1F. The number of hydrogen-bond acceptors (Lipinski definition) is 6. The molecule has 0 bridgehead atoms. The van der Waals surface area contributed by atoms with E-state index in [9.17, 15) is 4.39 Å². The number of methoxy groups -OCH3 is 1. The summed E-state index contributed by atoms with van der Waals surface area (Å²) in [7, 11) is 1.44. The Balaban J connectivity index is 1.39. The molecule has 0 aliphatic carbocycles. The highest BCUT2D eigenvalue weighted by atomic mass is 19.1. The third-order valence-electron chi connectivity index (χ3n) is 5.33. The van der Waals surface area contributed by atoms with Crippen molar-refractivity contribution in [2.45, 2.75) is 39.0 Å². The first-order chi connectivity index (χ1) is 14.6. The molecule has 3 aromatic rings. The van der Waals surface area contributed by atoms with Crippen molar-refractivity contribution < 1.29 is 18.3 Å². The fourth-order valence-corrected chi connectivity index (χ4v) is 3.69. The van der Waals surface area contributed by atoms with Gasteiger partial charge in [-0.25, -0.2) is 9.37 Å². The van der Waals surface area contributed by atoms with Gasteiger partial charge in [-0.1, -0.05) is 6.07 Å². The lowest BCUT2D eigenvalue weighted by atomic mass is 10.1. The van der Waals surface area contributed by atoms with Gasteiger partial charge in [-0.05, 0) is 56.1 Å². The predicted octanol–water partition coefficient (Wildman–Crippen LogP) is 4.37. The maximum absolute atomic E-state index is 13.7. The van der Waals surface area contributed by atoms with E-state index in [0.717, 1.165) is 42.9 Å². The van der Waals surface area contributed by atoms with Gasteiger partial charge >= 0.3 is 0 Å². The van der Waals surface area contributed by atoms with Crippen molar-refractivity contribution in [3.05, 3.63) is 65.6 Å². The maximum Gasteiger partial charge on any atom is 0.226 e. The largest absolute Gasteiger partial charge is 0.494 e. The topological polar surface area (TPSA) is 60.6 Å². The first-order valence-corrected chi connectivity index (χ1v) is 10.2. The van der Waals surface area contributed by atoms with Crippen LogP contribution in [0.2, 0.25) is 0 Å². The summed E-state index contributed by atoms with van der Waals surface area (Å²) in [5.74, 6) is 1.01. The highest BCUT2D eigenvalue weighted by Gasteiger charge is 2.23. The molecule has 0 N–H and O–H groups in total. The van der Waals surface area contributed by atoms with Crippen LogP contribution in [0.25, 0.3) is 11.5 Å². The summed E-state index contributed by atoms with van der Waals surface area (Å²) in [5, 5.41) is 0. The standard InChI is InChI=1S/C23H26FN3O3/c1-16-21(26-23(30-16)18-7-8-20(24)22(11-18)28-2)14-27-10-4-6-19(13-27)29-15-17-5-3-9-25-12-17/h3,5,7-9,11-12,19H,4,6,10,13-15H2,1-2H3. The predicted molar refractivity (Wildman–Crippen MR) is 111 cm³/mol. The molecule has 1 fully saturated rings. The number of halogens is 1. The van der Waals surface area contributed by atoms with Crippen molar-refractivity contribution in [1.29, 1.82) is 0 Å². The van der Waals surface area contributed by atoms with Crippen molar-refractivity contribution in [3.63, 3.8) is 0 Å². The number of nitrogens with zero attached hydrogens (tertiary/aromatic N) is 3. The molecule has 1 aliphatic rings. The van der Waals surface area contributed by atoms with Crippen molar-refractivity contribution in [2.75, 3.05) is 20.2 Å². The van der Waals surface area contributed by atoms with Crippen LogP contribution >= 0.6 is 0 Å². The molecular weight excluding hydrogens is 385 g/mol. The number of oxazole rings is 1. The van der Waals surface area contributed by atoms with Gasteiger partial charge in [0.25, 0.3) is 0 Å². The Morgan fingerprint density at radius 2 is 2.20 bits per heavy atom. The number of aryl methyl sites for hydroxylation is 1. The first-order valence-electron chi connectivity index (χ1n) is 10.2. The van der Waals surface area contributed by atoms with E-state index in [4.69, 9.17) is 13.9 Å². The Bertz CT molecular complexity index is 977. The third-order valence-corrected chi connectivity index (χ3v) is 5.33. The molecule has 2 aromatic heterocycles. The molecule has 6 nitrogen and oxygen atoms in total. The maximum atomic E-state index is 13.7. The van der Waals surface area contributed by atoms with E-state index in [1.54, 1.807) is 18.3 Å². The quantitative estimate of drug-likeness (QED) is 0.575. The monoisotopic (exact) mass is 411 g/mol. The van der Waals surface area contributed by atoms with Crippen LogP contribution in [0.1, 0.15) is 29.9 Å². The Morgan fingerprint density at radius 1 is 1.30 bits per heavy atom. The Kier molecular flexibility index (Phi) is 6.40. The molecule has 1 unspecified atom stereocenters. The summed E-state index contributed by atoms with van der Waals surface area (Å²) in [5.41, 5.74) is 2.67. The average Bonchev–Trinajstić information content (AvgIpc) is 3.14. The molecule has 0 amide bonds. The Morgan fingerprint density at radius 3 is 3.00 bits per heavy atom. The minimum absolute atomic E-state index is 0.176. The molecule has 0 radical (unpaired) electrons. The summed E-state index contributed by atoms with van der Waals surface area (Å²) in [6.07, 6.45) is 5.92. The molecule has 0 saturated carbocycles. The summed E-state index contributed by atoms with van der Waals surface area (Å²) in [4.78, 5) is 11.1. The highest BCUT2D eigenvalue weighted by molar-refractivity contribution is 5.56. The van der Waals surface area contributed by atoms with E-state index in [1.807, 2.05) is 25.3 Å². The lowest BCUT2D eigenvalue weighted by Gasteiger charge is -2.32. The van der Waals surface area contributed by atoms with Gasteiger partial charge in [-0.3, -0.25) is 9.88 Å². The molecule has 4 rings (SSSR count). The molecule has 3 heterocycles. The molecule has 1 aromatic carbocycles. The van der Waals surface area contributed by atoms with Crippen molar-refractivity contribution >= 4 is 0 Å². The van der Waals surface area contributed by atoms with E-state index >= 15 is 0 Å². The zero-order chi connectivity index (χ0) is 20.9. The molecule has 0 spiro atoms. The third kappa shape index (κ3) is 4.86. The van der Waals surface area contributed by atoms with Crippen molar-refractivity contribution in [2.24, 2.45) is 0 Å². The molecule has 30 heavy (non-hydrogen) atoms. The van der Waals surface area contributed by atoms with Gasteiger partial charge in [-0.15, -0.1) is 0 Å². The summed E-state index contributed by atoms with van der Waals surface area (Å²) < 4.78 is 30.7. The smallest absolute Gasteiger partial charge is 0.226 e. The van der Waals surface area contributed by atoms with Crippen molar-refractivity contribution in [3.8, 4) is 17.2 Å². The van der Waals surface area contributed by atoms with E-state index in [2.05, 4.69) is 14.9 Å². The van der Waals surface area contributed by atoms with Crippen LogP contribution in [0.5, 0.6) is 5.75 Å². The molecule has 1 atom stereocenters. The van der Waals surface area contributed by atoms with Gasteiger partial charge in [-0.2, -0.15) is 0 Å². The van der Waals surface area contributed by atoms with Crippen LogP contribution in [-0.4, -0.2) is 41.2 Å². The molecule has 7 heteroatoms. The summed E-state index contributed by atoms with van der Waals surface area (Å²) in [6, 6.07) is 8.57. The zero-order valence-electron chi connectivity index (χ0n) is 17.3. The summed E-state index contributed by atoms with van der Waals surface area (Å²) in [6.45, 7) is 5.03. The molecule has 1 aliphatic heterocycles. The van der Waals surface area contributed by atoms with Crippen LogP contribution in [0.3, 0.4) is 0 Å². The van der Waals surface area contributed by atoms with Gasteiger partial charge < -0.3 is 13.9 Å². The van der Waals surface area contributed by atoms with E-state index in [1.165, 1.54) is 13.2 Å². The van der Waals surface area contributed by atoms with Crippen molar-refractivity contribution in [1.82, 2.24) is 14.9 Å². The van der Waals surface area contributed by atoms with Crippen LogP contribution < -0.4 is 4.74 Å². The molecule has 1 saturated heterocycles. The van der Waals surface area contributed by atoms with Crippen LogP contribution in [-0.2, 0) is 17.9 Å². The van der Waals surface area contributed by atoms with Gasteiger partial charge in [0.15, 0.2) is 11.6 Å². The fourth-order valence-electron chi connectivity index (χ4n) is 3.69. The van der Waals surface area contributed by atoms with Crippen LogP contribution in [0.4, 0.5) is 4.39 Å². The number of rotatable bonds is 7. The number of pyridine rings is 1. The van der Waals surface area contributed by atoms with Gasteiger partial charge in [0.1, 0.15) is 5.76 Å². The van der Waals surface area contributed by atoms with Gasteiger partial charge in [0.05, 0.1) is 25.5 Å². The van der Waals surface area contributed by atoms with E-state index < -0.39 is 5.82 Å². The first kappa shape index (κ1) is 20.5. The molecule has 158 valence electrons. The number of hydrogen-bond donors (Lipinski definition) is 0. The lowest BCUT2D eigenvalue weighted by Crippen LogP contribution is -2.39. The highest BCUT2D eigenvalue weighted by Crippen LogP contribution is 2.28. The number of ether oxygens (including phenoxy) is 2. The van der Waals surface area contributed by atoms with Gasteiger partial charge in [0.2, 0.25) is 5.89 Å². The van der Waals surface area contributed by atoms with E-state index in [0.29, 0.717) is 24.6 Å². The Hall–Kier alpha value is -2.77. The number of likely N-dealkylation sites (tertiary alicyclic amines) is 1.